The van der Waals surface area contributed by atoms with E-state index in [4.69, 9.17) is 11.6 Å². The van der Waals surface area contributed by atoms with E-state index in [0.717, 1.165) is 33.1 Å². The van der Waals surface area contributed by atoms with Crippen LogP contribution in [-0.4, -0.2) is 0 Å². The summed E-state index contributed by atoms with van der Waals surface area (Å²) in [6, 6.07) is 22.0. The molecule has 0 aliphatic carbocycles. The predicted octanol–water partition coefficient (Wildman–Crippen LogP) is 7.04. The number of azo groups is 1. The van der Waals surface area contributed by atoms with E-state index in [1.165, 1.54) is 5.56 Å². The first-order valence-corrected chi connectivity index (χ1v) is 7.84. The molecular weight excluding hydrogens is 304 g/mol. The van der Waals surface area contributed by atoms with Gasteiger partial charge in [-0.15, -0.1) is 5.11 Å². The third-order valence-electron chi connectivity index (χ3n) is 3.58. The van der Waals surface area contributed by atoms with Gasteiger partial charge in [-0.2, -0.15) is 5.11 Å². The Morgan fingerprint density at radius 2 is 1.48 bits per heavy atom. The van der Waals surface area contributed by atoms with Crippen molar-refractivity contribution in [1.29, 1.82) is 0 Å². The Morgan fingerprint density at radius 1 is 0.739 bits per heavy atom. The maximum absolute atomic E-state index is 5.98. The lowest BCUT2D eigenvalue weighted by Crippen LogP contribution is -1.81. The molecule has 2 nitrogen and oxygen atoms in total. The lowest BCUT2D eigenvalue weighted by Gasteiger charge is -2.07. The quantitative estimate of drug-likeness (QED) is 0.462. The molecular formula is C20H17ClN2. The van der Waals surface area contributed by atoms with Gasteiger partial charge in [-0.25, -0.2) is 0 Å². The second kappa shape index (κ2) is 6.76. The molecule has 23 heavy (non-hydrogen) atoms. The highest BCUT2D eigenvalue weighted by atomic mass is 35.5. The Labute approximate surface area is 141 Å². The fourth-order valence-corrected chi connectivity index (χ4v) is 2.53. The molecule has 0 aliphatic rings. The van der Waals surface area contributed by atoms with Crippen LogP contribution in [0, 0.1) is 13.8 Å². The van der Waals surface area contributed by atoms with Crippen molar-refractivity contribution >= 4 is 23.0 Å². The van der Waals surface area contributed by atoms with Crippen molar-refractivity contribution in [2.24, 2.45) is 10.2 Å². The lowest BCUT2D eigenvalue weighted by atomic mass is 10.0. The molecule has 0 atom stereocenters. The van der Waals surface area contributed by atoms with Crippen LogP contribution in [0.3, 0.4) is 0 Å². The van der Waals surface area contributed by atoms with E-state index in [0.29, 0.717) is 0 Å². The summed E-state index contributed by atoms with van der Waals surface area (Å²) in [5.74, 6) is 0. The van der Waals surface area contributed by atoms with Gasteiger partial charge in [0.2, 0.25) is 0 Å². The van der Waals surface area contributed by atoms with Crippen LogP contribution in [0.2, 0.25) is 5.02 Å². The number of halogens is 1. The second-order valence-corrected chi connectivity index (χ2v) is 6.00. The van der Waals surface area contributed by atoms with Crippen LogP contribution < -0.4 is 0 Å². The van der Waals surface area contributed by atoms with E-state index in [2.05, 4.69) is 29.3 Å². The van der Waals surface area contributed by atoms with Gasteiger partial charge in [0.15, 0.2) is 0 Å². The normalized spacial score (nSPS) is 11.1. The summed E-state index contributed by atoms with van der Waals surface area (Å²) >= 11 is 5.98. The standard InChI is InChI=1S/C20H17ClN2/c1-14-4-3-5-18(12-14)22-23-20-13-15(2)6-11-19(20)16-7-9-17(21)10-8-16/h3-13H,1-2H3. The summed E-state index contributed by atoms with van der Waals surface area (Å²) in [7, 11) is 0. The molecule has 3 rings (SSSR count). The molecule has 114 valence electrons. The van der Waals surface area contributed by atoms with Gasteiger partial charge in [0, 0.05) is 10.6 Å². The number of rotatable bonds is 3. The maximum atomic E-state index is 5.98. The third-order valence-corrected chi connectivity index (χ3v) is 3.84. The molecule has 0 amide bonds. The minimum absolute atomic E-state index is 0.726. The fourth-order valence-electron chi connectivity index (χ4n) is 2.40. The Hall–Kier alpha value is -2.45. The molecule has 0 unspecified atom stereocenters. The molecule has 0 bridgehead atoms. The number of benzene rings is 3. The van der Waals surface area contributed by atoms with Gasteiger partial charge >= 0.3 is 0 Å². The van der Waals surface area contributed by atoms with E-state index >= 15 is 0 Å². The predicted molar refractivity (Wildman–Crippen MR) is 97.0 cm³/mol. The number of hydrogen-bond donors (Lipinski definition) is 0. The largest absolute Gasteiger partial charge is 0.151 e. The summed E-state index contributed by atoms with van der Waals surface area (Å²) < 4.78 is 0. The fraction of sp³-hybridized carbons (Fsp3) is 0.100. The van der Waals surface area contributed by atoms with Gasteiger partial charge in [-0.3, -0.25) is 0 Å². The first-order valence-electron chi connectivity index (χ1n) is 7.47. The monoisotopic (exact) mass is 320 g/mol. The van der Waals surface area contributed by atoms with Crippen LogP contribution in [0.15, 0.2) is 77.0 Å². The molecule has 0 heterocycles. The van der Waals surface area contributed by atoms with Gasteiger partial charge in [0.25, 0.3) is 0 Å². The Kier molecular flexibility index (Phi) is 4.54. The maximum Gasteiger partial charge on any atom is 0.0937 e. The van der Waals surface area contributed by atoms with E-state index in [-0.39, 0.29) is 0 Å². The molecule has 0 aliphatic heterocycles. The Morgan fingerprint density at radius 3 is 2.22 bits per heavy atom. The molecule has 3 aromatic carbocycles. The number of aryl methyl sites for hydroxylation is 2. The van der Waals surface area contributed by atoms with Crippen LogP contribution in [0.4, 0.5) is 11.4 Å². The summed E-state index contributed by atoms with van der Waals surface area (Å²) in [6.07, 6.45) is 0. The minimum Gasteiger partial charge on any atom is -0.151 e. The van der Waals surface area contributed by atoms with Crippen molar-refractivity contribution in [2.45, 2.75) is 13.8 Å². The molecule has 0 spiro atoms. The van der Waals surface area contributed by atoms with Gasteiger partial charge in [-0.1, -0.05) is 48.0 Å². The van der Waals surface area contributed by atoms with Crippen LogP contribution in [0.25, 0.3) is 11.1 Å². The van der Waals surface area contributed by atoms with E-state index < -0.39 is 0 Å². The zero-order chi connectivity index (χ0) is 16.2. The van der Waals surface area contributed by atoms with Gasteiger partial charge in [0.1, 0.15) is 0 Å². The van der Waals surface area contributed by atoms with Gasteiger partial charge < -0.3 is 0 Å². The average molecular weight is 321 g/mol. The first kappa shape index (κ1) is 15.4. The van der Waals surface area contributed by atoms with Crippen molar-refractivity contribution in [3.8, 4) is 11.1 Å². The average Bonchev–Trinajstić information content (AvgIpc) is 2.54. The first-order chi connectivity index (χ1) is 11.1. The number of nitrogens with zero attached hydrogens (tertiary/aromatic N) is 2. The van der Waals surface area contributed by atoms with Crippen molar-refractivity contribution < 1.29 is 0 Å². The van der Waals surface area contributed by atoms with Crippen LogP contribution in [-0.2, 0) is 0 Å². The highest BCUT2D eigenvalue weighted by Crippen LogP contribution is 2.33. The third kappa shape index (κ3) is 3.85. The van der Waals surface area contributed by atoms with Crippen molar-refractivity contribution in [2.75, 3.05) is 0 Å². The van der Waals surface area contributed by atoms with Crippen LogP contribution >= 0.6 is 11.6 Å². The second-order valence-electron chi connectivity index (χ2n) is 5.57. The Balaban J connectivity index is 2.01. The van der Waals surface area contributed by atoms with Crippen molar-refractivity contribution in [3.63, 3.8) is 0 Å². The smallest absolute Gasteiger partial charge is 0.0937 e. The van der Waals surface area contributed by atoms with E-state index in [1.54, 1.807) is 0 Å². The molecule has 0 saturated carbocycles. The van der Waals surface area contributed by atoms with Gasteiger partial charge in [-0.05, 0) is 60.9 Å². The van der Waals surface area contributed by atoms with Crippen molar-refractivity contribution in [1.82, 2.24) is 0 Å². The highest BCUT2D eigenvalue weighted by Gasteiger charge is 2.05. The van der Waals surface area contributed by atoms with Crippen molar-refractivity contribution in [3.05, 3.63) is 82.9 Å². The van der Waals surface area contributed by atoms with Gasteiger partial charge in [0.05, 0.1) is 11.4 Å². The van der Waals surface area contributed by atoms with Crippen LogP contribution in [0.5, 0.6) is 0 Å². The molecule has 0 radical (unpaired) electrons. The lowest BCUT2D eigenvalue weighted by molar-refractivity contribution is 1.22. The SMILES string of the molecule is Cc1cccc(N=Nc2cc(C)ccc2-c2ccc(Cl)cc2)c1. The zero-order valence-electron chi connectivity index (χ0n) is 13.1. The molecule has 0 N–H and O–H groups in total. The van der Waals surface area contributed by atoms with E-state index in [1.807, 2.05) is 61.5 Å². The summed E-state index contributed by atoms with van der Waals surface area (Å²) in [6.45, 7) is 4.10. The Bertz CT molecular complexity index is 852. The summed E-state index contributed by atoms with van der Waals surface area (Å²) in [5, 5.41) is 9.58. The summed E-state index contributed by atoms with van der Waals surface area (Å²) in [5.41, 5.74) is 6.16. The topological polar surface area (TPSA) is 24.7 Å². The molecule has 3 heteroatoms. The number of hydrogen-bond acceptors (Lipinski definition) is 2. The summed E-state index contributed by atoms with van der Waals surface area (Å²) in [4.78, 5) is 0. The zero-order valence-corrected chi connectivity index (χ0v) is 13.9. The molecule has 3 aromatic rings. The molecule has 0 saturated heterocycles. The highest BCUT2D eigenvalue weighted by molar-refractivity contribution is 6.30. The van der Waals surface area contributed by atoms with E-state index in [9.17, 15) is 0 Å². The van der Waals surface area contributed by atoms with Crippen LogP contribution in [0.1, 0.15) is 11.1 Å². The molecule has 0 aromatic heterocycles. The molecule has 0 fully saturated rings. The minimum atomic E-state index is 0.726.